The molecule has 6 heteroatoms. The molecule has 3 rings (SSSR count). The highest BCUT2D eigenvalue weighted by Crippen LogP contribution is 2.27. The van der Waals surface area contributed by atoms with Crippen LogP contribution in [-0.2, 0) is 9.53 Å². The van der Waals surface area contributed by atoms with Gasteiger partial charge >= 0.3 is 5.97 Å². The maximum atomic E-state index is 12.4. The molecule has 0 aliphatic carbocycles. The minimum absolute atomic E-state index is 0.0181. The summed E-state index contributed by atoms with van der Waals surface area (Å²) >= 11 is 1.45. The molecule has 0 N–H and O–H groups in total. The fourth-order valence-corrected chi connectivity index (χ4v) is 3.23. The van der Waals surface area contributed by atoms with Crippen LogP contribution in [-0.4, -0.2) is 36.3 Å². The van der Waals surface area contributed by atoms with E-state index in [4.69, 9.17) is 4.74 Å². The first kappa shape index (κ1) is 14.5. The predicted octanol–water partition coefficient (Wildman–Crippen LogP) is 2.30. The number of hydrogen-bond acceptors (Lipinski definition) is 5. The molecule has 112 valence electrons. The summed E-state index contributed by atoms with van der Waals surface area (Å²) in [4.78, 5) is 37.9. The first-order chi connectivity index (χ1) is 10.6. The lowest BCUT2D eigenvalue weighted by Crippen LogP contribution is -2.36. The Balaban J connectivity index is 1.90. The average Bonchev–Trinajstić information content (AvgIpc) is 3.15. The maximum absolute atomic E-state index is 12.4. The monoisotopic (exact) mass is 315 g/mol. The van der Waals surface area contributed by atoms with Crippen LogP contribution in [0.15, 0.2) is 41.1 Å². The first-order valence-electron chi connectivity index (χ1n) is 6.68. The lowest BCUT2D eigenvalue weighted by atomic mass is 10.0. The zero-order valence-corrected chi connectivity index (χ0v) is 12.6. The van der Waals surface area contributed by atoms with Gasteiger partial charge < -0.3 is 4.74 Å². The summed E-state index contributed by atoms with van der Waals surface area (Å²) in [6, 6.07) is 8.46. The Labute approximate surface area is 131 Å². The molecule has 1 aliphatic heterocycles. The second-order valence-corrected chi connectivity index (χ2v) is 5.68. The molecule has 5 nitrogen and oxygen atoms in total. The van der Waals surface area contributed by atoms with E-state index >= 15 is 0 Å². The molecule has 0 fully saturated rings. The van der Waals surface area contributed by atoms with Crippen molar-refractivity contribution in [3.8, 4) is 0 Å². The largest absolute Gasteiger partial charge is 0.468 e. The van der Waals surface area contributed by atoms with Crippen molar-refractivity contribution in [1.82, 2.24) is 4.90 Å². The van der Waals surface area contributed by atoms with Gasteiger partial charge in [0, 0.05) is 6.54 Å². The van der Waals surface area contributed by atoms with Gasteiger partial charge in [0.05, 0.1) is 18.2 Å². The van der Waals surface area contributed by atoms with Crippen molar-refractivity contribution >= 4 is 29.1 Å². The zero-order chi connectivity index (χ0) is 15.7. The normalized spacial score (nSPS) is 14.9. The molecule has 2 aromatic rings. The van der Waals surface area contributed by atoms with Gasteiger partial charge in [-0.1, -0.05) is 12.1 Å². The van der Waals surface area contributed by atoms with Gasteiger partial charge in [-0.2, -0.15) is 11.3 Å². The molecule has 0 saturated carbocycles. The van der Waals surface area contributed by atoms with Crippen LogP contribution in [0.5, 0.6) is 0 Å². The molecular formula is C16H13NO4S. The second kappa shape index (κ2) is 5.73. The third-order valence-electron chi connectivity index (χ3n) is 3.67. The molecule has 22 heavy (non-hydrogen) atoms. The van der Waals surface area contributed by atoms with E-state index in [2.05, 4.69) is 0 Å². The lowest BCUT2D eigenvalue weighted by Gasteiger charge is -2.20. The first-order valence-corrected chi connectivity index (χ1v) is 7.63. The number of nitrogens with zero attached hydrogens (tertiary/aromatic N) is 1. The molecule has 0 spiro atoms. The van der Waals surface area contributed by atoms with E-state index < -0.39 is 11.9 Å². The van der Waals surface area contributed by atoms with Crippen LogP contribution in [0.2, 0.25) is 0 Å². The predicted molar refractivity (Wildman–Crippen MR) is 80.9 cm³/mol. The number of thiophene rings is 1. The summed E-state index contributed by atoms with van der Waals surface area (Å²) in [5.41, 5.74) is 1.50. The lowest BCUT2D eigenvalue weighted by molar-refractivity contribution is -0.142. The Bertz CT molecular complexity index is 703. The second-order valence-electron chi connectivity index (χ2n) is 4.90. The number of rotatable bonds is 4. The highest BCUT2D eigenvalue weighted by molar-refractivity contribution is 7.08. The van der Waals surface area contributed by atoms with Crippen molar-refractivity contribution in [1.29, 1.82) is 0 Å². The van der Waals surface area contributed by atoms with E-state index in [1.807, 2.05) is 10.8 Å². The van der Waals surface area contributed by atoms with Crippen molar-refractivity contribution in [3.05, 3.63) is 57.8 Å². The number of imide groups is 1. The Morgan fingerprint density at radius 2 is 1.82 bits per heavy atom. The van der Waals surface area contributed by atoms with Crippen LogP contribution < -0.4 is 0 Å². The molecule has 0 saturated heterocycles. The number of fused-ring (bicyclic) bond motifs is 1. The summed E-state index contributed by atoms with van der Waals surface area (Å²) < 4.78 is 4.81. The van der Waals surface area contributed by atoms with Gasteiger partial charge in [-0.3, -0.25) is 19.3 Å². The average molecular weight is 315 g/mol. The number of ether oxygens (including phenoxy) is 1. The number of hydrogen-bond donors (Lipinski definition) is 0. The van der Waals surface area contributed by atoms with Gasteiger partial charge in [0.15, 0.2) is 0 Å². The van der Waals surface area contributed by atoms with Crippen molar-refractivity contribution in [2.45, 2.75) is 5.92 Å². The summed E-state index contributed by atoms with van der Waals surface area (Å²) in [5.74, 6) is -1.87. The number of carbonyl (C=O) groups is 3. The number of methoxy groups -OCH3 is 1. The van der Waals surface area contributed by atoms with Crippen molar-refractivity contribution in [3.63, 3.8) is 0 Å². The van der Waals surface area contributed by atoms with Crippen molar-refractivity contribution < 1.29 is 19.1 Å². The molecule has 1 aromatic heterocycles. The van der Waals surface area contributed by atoms with Crippen LogP contribution in [0.1, 0.15) is 32.2 Å². The van der Waals surface area contributed by atoms with Crippen LogP contribution in [0.25, 0.3) is 0 Å². The molecule has 1 atom stereocenters. The number of benzene rings is 1. The van der Waals surface area contributed by atoms with E-state index in [1.54, 1.807) is 30.3 Å². The van der Waals surface area contributed by atoms with E-state index in [0.29, 0.717) is 11.1 Å². The topological polar surface area (TPSA) is 63.7 Å². The molecule has 0 radical (unpaired) electrons. The summed E-state index contributed by atoms with van der Waals surface area (Å²) in [6.07, 6.45) is 0. The van der Waals surface area contributed by atoms with E-state index in [1.165, 1.54) is 18.4 Å². The van der Waals surface area contributed by atoms with Crippen LogP contribution in [0.3, 0.4) is 0 Å². The number of carbonyl (C=O) groups excluding carboxylic acids is 3. The summed E-state index contributed by atoms with van der Waals surface area (Å²) in [7, 11) is 1.30. The molecule has 2 amide bonds. The quantitative estimate of drug-likeness (QED) is 0.641. The van der Waals surface area contributed by atoms with Gasteiger partial charge in [-0.25, -0.2) is 0 Å². The zero-order valence-electron chi connectivity index (χ0n) is 11.8. The molecular weight excluding hydrogens is 302 g/mol. The van der Waals surface area contributed by atoms with Crippen molar-refractivity contribution in [2.75, 3.05) is 13.7 Å². The minimum atomic E-state index is -0.668. The number of amides is 2. The van der Waals surface area contributed by atoms with Crippen LogP contribution in [0, 0.1) is 0 Å². The van der Waals surface area contributed by atoms with E-state index in [-0.39, 0.29) is 18.4 Å². The highest BCUT2D eigenvalue weighted by atomic mass is 32.1. The smallest absolute Gasteiger partial charge is 0.315 e. The van der Waals surface area contributed by atoms with Crippen LogP contribution >= 0.6 is 11.3 Å². The summed E-state index contributed by atoms with van der Waals surface area (Å²) in [5, 5.41) is 3.66. The minimum Gasteiger partial charge on any atom is -0.468 e. The molecule has 0 bridgehead atoms. The van der Waals surface area contributed by atoms with Crippen LogP contribution in [0.4, 0.5) is 0 Å². The number of esters is 1. The SMILES string of the molecule is COC(=O)C(CN1C(=O)c2ccccc2C1=O)c1ccsc1. The van der Waals surface area contributed by atoms with Gasteiger partial charge in [0.1, 0.15) is 5.92 Å². The summed E-state index contributed by atoms with van der Waals surface area (Å²) in [6.45, 7) is -0.0181. The van der Waals surface area contributed by atoms with E-state index in [0.717, 1.165) is 10.5 Å². The molecule has 1 aliphatic rings. The van der Waals surface area contributed by atoms with Gasteiger partial charge in [0.25, 0.3) is 11.8 Å². The Morgan fingerprint density at radius 1 is 1.18 bits per heavy atom. The van der Waals surface area contributed by atoms with Crippen molar-refractivity contribution in [2.24, 2.45) is 0 Å². The Morgan fingerprint density at radius 3 is 2.32 bits per heavy atom. The Hall–Kier alpha value is -2.47. The third-order valence-corrected chi connectivity index (χ3v) is 4.38. The van der Waals surface area contributed by atoms with Gasteiger partial charge in [0.2, 0.25) is 0 Å². The van der Waals surface area contributed by atoms with Gasteiger partial charge in [-0.15, -0.1) is 0 Å². The molecule has 1 unspecified atom stereocenters. The van der Waals surface area contributed by atoms with Gasteiger partial charge in [-0.05, 0) is 34.5 Å². The highest BCUT2D eigenvalue weighted by Gasteiger charge is 2.38. The fourth-order valence-electron chi connectivity index (χ4n) is 2.52. The maximum Gasteiger partial charge on any atom is 0.315 e. The molecule has 2 heterocycles. The Kier molecular flexibility index (Phi) is 3.77. The van der Waals surface area contributed by atoms with E-state index in [9.17, 15) is 14.4 Å². The standard InChI is InChI=1S/C16H13NO4S/c1-21-16(20)13(10-6-7-22-9-10)8-17-14(18)11-4-2-3-5-12(11)15(17)19/h2-7,9,13H,8H2,1H3. The molecule has 1 aromatic carbocycles. The fraction of sp³-hybridized carbons (Fsp3) is 0.188. The third kappa shape index (κ3) is 2.31.